The molecule has 5 amide bonds. The molecule has 0 bridgehead atoms. The number of carbonyl (C=O) groups is 5. The van der Waals surface area contributed by atoms with Crippen LogP contribution in [0.3, 0.4) is 0 Å². The fraction of sp³-hybridized carbons (Fsp3) is 0.767. The molecule has 2 aliphatic carbocycles. The second-order valence-electron chi connectivity index (χ2n) is 13.4. The van der Waals surface area contributed by atoms with Crippen LogP contribution in [0, 0.1) is 5.92 Å². The van der Waals surface area contributed by atoms with Gasteiger partial charge in [0.15, 0.2) is 0 Å². The van der Waals surface area contributed by atoms with Gasteiger partial charge in [-0.05, 0) is 58.3 Å². The zero-order chi connectivity index (χ0) is 32.7. The van der Waals surface area contributed by atoms with Crippen molar-refractivity contribution in [1.29, 1.82) is 0 Å². The van der Waals surface area contributed by atoms with Gasteiger partial charge in [-0.15, -0.1) is 5.53 Å². The summed E-state index contributed by atoms with van der Waals surface area (Å²) in [4.78, 5) is 65.5. The van der Waals surface area contributed by atoms with Crippen LogP contribution in [0.5, 0.6) is 0 Å². The fourth-order valence-electron chi connectivity index (χ4n) is 6.50. The maximum atomic E-state index is 13.8. The van der Waals surface area contributed by atoms with E-state index in [0.717, 1.165) is 38.5 Å². The third kappa shape index (κ3) is 9.53. The van der Waals surface area contributed by atoms with Gasteiger partial charge in [-0.1, -0.05) is 32.1 Å². The van der Waals surface area contributed by atoms with E-state index in [1.807, 2.05) is 0 Å². The number of hydrogen-bond acceptors (Lipinski definition) is 10. The number of nitrogens with one attached hydrogen (secondary N) is 5. The fourth-order valence-corrected chi connectivity index (χ4v) is 6.50. The van der Waals surface area contributed by atoms with Crippen LogP contribution in [0.1, 0.15) is 90.9 Å². The summed E-state index contributed by atoms with van der Waals surface area (Å²) in [6, 6.07) is -3.36. The molecule has 0 aromatic heterocycles. The number of nitrogens with zero attached hydrogens (tertiary/aromatic N) is 2. The SMILES string of the molecule is CC(C)(O)C1=CNNN1[C@H]1C[C@@H](C(=O)NC(CCCCNC(=O)NC2CC2)C(=O)C(N)=O)N(C(=O)[C@H](N)CC2CCCCC2)C1. The van der Waals surface area contributed by atoms with Gasteiger partial charge in [-0.25, -0.2) is 4.79 Å². The topological polar surface area (TPSA) is 224 Å². The second kappa shape index (κ2) is 15.2. The van der Waals surface area contributed by atoms with Crippen molar-refractivity contribution in [3.8, 4) is 0 Å². The summed E-state index contributed by atoms with van der Waals surface area (Å²) in [6.07, 6.45) is 10.8. The smallest absolute Gasteiger partial charge is 0.315 e. The normalized spacial score (nSPS) is 23.5. The second-order valence-corrected chi connectivity index (χ2v) is 13.4. The minimum atomic E-state index is -1.21. The Hall–Kier alpha value is -3.43. The molecule has 4 atom stereocenters. The molecule has 15 heteroatoms. The highest BCUT2D eigenvalue weighted by Crippen LogP contribution is 2.31. The molecule has 4 rings (SSSR count). The Morgan fingerprint density at radius 1 is 1.09 bits per heavy atom. The average molecular weight is 634 g/mol. The van der Waals surface area contributed by atoms with Crippen LogP contribution >= 0.6 is 0 Å². The number of ketones is 1. The highest BCUT2D eigenvalue weighted by atomic mass is 16.3. The van der Waals surface area contributed by atoms with E-state index in [0.29, 0.717) is 37.4 Å². The van der Waals surface area contributed by atoms with Crippen LogP contribution in [0.4, 0.5) is 4.79 Å². The number of carbonyl (C=O) groups excluding carboxylic acids is 5. The molecule has 2 heterocycles. The van der Waals surface area contributed by atoms with Gasteiger partial charge in [0, 0.05) is 31.8 Å². The molecule has 252 valence electrons. The molecule has 1 unspecified atom stereocenters. The van der Waals surface area contributed by atoms with E-state index in [1.54, 1.807) is 25.1 Å². The van der Waals surface area contributed by atoms with E-state index in [-0.39, 0.29) is 37.4 Å². The van der Waals surface area contributed by atoms with Crippen molar-refractivity contribution in [1.82, 2.24) is 36.8 Å². The summed E-state index contributed by atoms with van der Waals surface area (Å²) in [5.74, 6) is -2.68. The van der Waals surface area contributed by atoms with Crippen LogP contribution < -0.4 is 38.4 Å². The Balaban J connectivity index is 1.43. The summed E-state index contributed by atoms with van der Waals surface area (Å²) in [5.41, 5.74) is 17.0. The van der Waals surface area contributed by atoms with Gasteiger partial charge in [0.25, 0.3) is 5.91 Å². The number of Topliss-reactive ketones (excluding diaryl/α,β-unsaturated/α-hetero) is 1. The lowest BCUT2D eigenvalue weighted by atomic mass is 9.84. The van der Waals surface area contributed by atoms with Crippen molar-refractivity contribution in [3.05, 3.63) is 11.9 Å². The van der Waals surface area contributed by atoms with Gasteiger partial charge in [0.05, 0.1) is 23.8 Å². The number of likely N-dealkylation sites (tertiary alicyclic amines) is 1. The van der Waals surface area contributed by atoms with E-state index >= 15 is 0 Å². The van der Waals surface area contributed by atoms with E-state index < -0.39 is 47.4 Å². The molecule has 45 heavy (non-hydrogen) atoms. The lowest BCUT2D eigenvalue weighted by molar-refractivity contribution is -0.142. The number of unbranched alkanes of at least 4 members (excludes halogenated alkanes) is 1. The molecule has 2 saturated carbocycles. The number of aliphatic hydroxyl groups is 1. The van der Waals surface area contributed by atoms with Crippen LogP contribution in [-0.4, -0.2) is 93.5 Å². The molecule has 0 aromatic rings. The predicted molar refractivity (Wildman–Crippen MR) is 165 cm³/mol. The highest BCUT2D eigenvalue weighted by molar-refractivity contribution is 6.37. The number of hydrogen-bond donors (Lipinski definition) is 8. The molecule has 0 spiro atoms. The number of nitrogens with two attached hydrogens (primary N) is 2. The molecular formula is C30H51N9O6. The number of rotatable bonds is 15. The molecule has 15 nitrogen and oxygen atoms in total. The molecule has 1 saturated heterocycles. The summed E-state index contributed by atoms with van der Waals surface area (Å²) < 4.78 is 0. The molecule has 0 radical (unpaired) electrons. The van der Waals surface area contributed by atoms with Crippen molar-refractivity contribution < 1.29 is 29.1 Å². The van der Waals surface area contributed by atoms with Crippen molar-refractivity contribution >= 4 is 29.5 Å². The Morgan fingerprint density at radius 2 is 1.80 bits per heavy atom. The van der Waals surface area contributed by atoms with Gasteiger partial charge in [0.1, 0.15) is 11.6 Å². The van der Waals surface area contributed by atoms with E-state index in [1.165, 1.54) is 11.3 Å². The molecular weight excluding hydrogens is 582 g/mol. The third-order valence-electron chi connectivity index (χ3n) is 9.13. The van der Waals surface area contributed by atoms with Crippen molar-refractivity contribution in [3.63, 3.8) is 0 Å². The van der Waals surface area contributed by atoms with Gasteiger partial charge in [-0.3, -0.25) is 24.2 Å². The molecule has 3 fully saturated rings. The Labute approximate surface area is 264 Å². The summed E-state index contributed by atoms with van der Waals surface area (Å²) >= 11 is 0. The Kier molecular flexibility index (Phi) is 11.7. The lowest BCUT2D eigenvalue weighted by Crippen LogP contribution is -2.55. The Bertz CT molecular complexity index is 1130. The minimum absolute atomic E-state index is 0.133. The number of primary amides is 1. The average Bonchev–Trinajstić information content (AvgIpc) is 3.46. The summed E-state index contributed by atoms with van der Waals surface area (Å²) in [5, 5.41) is 20.7. The van der Waals surface area contributed by atoms with Crippen LogP contribution in [0.15, 0.2) is 11.9 Å². The van der Waals surface area contributed by atoms with E-state index in [4.69, 9.17) is 11.5 Å². The maximum Gasteiger partial charge on any atom is 0.315 e. The number of hydrazine groups is 2. The van der Waals surface area contributed by atoms with Crippen LogP contribution in [-0.2, 0) is 19.2 Å². The third-order valence-corrected chi connectivity index (χ3v) is 9.13. The van der Waals surface area contributed by atoms with Crippen LogP contribution in [0.2, 0.25) is 0 Å². The van der Waals surface area contributed by atoms with Crippen LogP contribution in [0.25, 0.3) is 0 Å². The zero-order valence-electron chi connectivity index (χ0n) is 26.5. The van der Waals surface area contributed by atoms with Gasteiger partial charge in [0.2, 0.25) is 17.6 Å². The first-order valence-corrected chi connectivity index (χ1v) is 16.3. The molecule has 0 aromatic carbocycles. The standard InChI is InChI=1S/C30H51N9O6/c1-30(2,45)24-16-34-37-39(24)20-15-23(38(17-20)28(43)21(31)14-18-8-4-3-5-9-18)27(42)36-22(25(40)26(32)41)10-6-7-13-33-29(44)35-19-11-12-19/h16,18-23,34,37,45H,3-15,17,31H2,1-2H3,(H2,32,41)(H,36,42)(H2,33,35,44)/t20-,21+,22?,23-/m0/s1. The summed E-state index contributed by atoms with van der Waals surface area (Å²) in [7, 11) is 0. The zero-order valence-corrected chi connectivity index (χ0v) is 26.5. The first kappa shape index (κ1) is 34.4. The molecule has 10 N–H and O–H groups in total. The largest absolute Gasteiger partial charge is 0.384 e. The predicted octanol–water partition coefficient (Wildman–Crippen LogP) is -0.638. The number of amides is 5. The maximum absolute atomic E-state index is 13.8. The van der Waals surface area contributed by atoms with E-state index in [2.05, 4.69) is 26.9 Å². The Morgan fingerprint density at radius 3 is 2.44 bits per heavy atom. The van der Waals surface area contributed by atoms with Crippen molar-refractivity contribution in [2.75, 3.05) is 13.1 Å². The quantitative estimate of drug-likeness (QED) is 0.0841. The van der Waals surface area contributed by atoms with Gasteiger partial charge in [-0.2, -0.15) is 0 Å². The first-order chi connectivity index (χ1) is 21.3. The van der Waals surface area contributed by atoms with E-state index in [9.17, 15) is 29.1 Å². The number of urea groups is 1. The molecule has 2 aliphatic heterocycles. The van der Waals surface area contributed by atoms with Crippen molar-refractivity contribution in [2.24, 2.45) is 17.4 Å². The molecule has 4 aliphatic rings. The highest BCUT2D eigenvalue weighted by Gasteiger charge is 2.46. The lowest BCUT2D eigenvalue weighted by Gasteiger charge is -2.33. The first-order valence-electron chi connectivity index (χ1n) is 16.3. The monoisotopic (exact) mass is 633 g/mol. The van der Waals surface area contributed by atoms with Gasteiger partial charge < -0.3 is 42.8 Å². The summed E-state index contributed by atoms with van der Waals surface area (Å²) in [6.45, 7) is 3.79. The van der Waals surface area contributed by atoms with Crippen molar-refractivity contribution in [2.45, 2.75) is 127 Å². The minimum Gasteiger partial charge on any atom is -0.384 e. The van der Waals surface area contributed by atoms with Gasteiger partial charge >= 0.3 is 6.03 Å².